The number of rotatable bonds is 4. The lowest BCUT2D eigenvalue weighted by molar-refractivity contribution is 0.528. The molecule has 0 fully saturated rings. The van der Waals surface area contributed by atoms with E-state index in [0.717, 1.165) is 11.1 Å². The van der Waals surface area contributed by atoms with Crippen molar-refractivity contribution in [2.75, 3.05) is 0 Å². The van der Waals surface area contributed by atoms with Gasteiger partial charge in [0.25, 0.3) is 0 Å². The van der Waals surface area contributed by atoms with E-state index in [1.165, 1.54) is 0 Å². The summed E-state index contributed by atoms with van der Waals surface area (Å²) in [5.41, 5.74) is 1.57. The fraction of sp³-hybridized carbons (Fsp3) is 1.00. The third-order valence-electron chi connectivity index (χ3n) is 2.02. The van der Waals surface area contributed by atoms with Gasteiger partial charge in [0.2, 0.25) is 0 Å². The summed E-state index contributed by atoms with van der Waals surface area (Å²) in [5, 5.41) is 0.453. The number of hydrogen-bond acceptors (Lipinski definition) is 1. The van der Waals surface area contributed by atoms with Crippen molar-refractivity contribution in [2.45, 2.75) is 64.6 Å². The van der Waals surface area contributed by atoms with Gasteiger partial charge < -0.3 is 4.12 Å². The molecule has 80 valence electrons. The van der Waals surface area contributed by atoms with Crippen LogP contribution >= 0.6 is 0 Å². The van der Waals surface area contributed by atoms with Gasteiger partial charge in [0.05, 0.1) is 0 Å². The third-order valence-corrected chi connectivity index (χ3v) is 7.72. The van der Waals surface area contributed by atoms with Gasteiger partial charge in [-0.05, 0) is 16.1 Å². The van der Waals surface area contributed by atoms with Crippen LogP contribution < -0.4 is 0 Å². The second kappa shape index (κ2) is 5.32. The lowest BCUT2D eigenvalue weighted by Crippen LogP contribution is -2.30. The van der Waals surface area contributed by atoms with Gasteiger partial charge in [0.1, 0.15) is 0 Å². The maximum Gasteiger partial charge on any atom is 0.167 e. The van der Waals surface area contributed by atoms with E-state index in [1.807, 2.05) is 0 Å². The molecule has 0 aromatic heterocycles. The van der Waals surface area contributed by atoms with Crippen LogP contribution in [0.5, 0.6) is 0 Å². The summed E-state index contributed by atoms with van der Waals surface area (Å²) in [6, 6.07) is 0. The van der Waals surface area contributed by atoms with Crippen LogP contribution in [0.4, 0.5) is 0 Å². The molecule has 0 aromatic carbocycles. The van der Waals surface area contributed by atoms with Crippen LogP contribution in [-0.4, -0.2) is 18.8 Å². The van der Waals surface area contributed by atoms with Crippen molar-refractivity contribution >= 4 is 18.8 Å². The maximum absolute atomic E-state index is 6.21. The Hall–Kier alpha value is 0.394. The lowest BCUT2D eigenvalue weighted by Gasteiger charge is -2.27. The normalized spacial score (nSPS) is 14.3. The minimum atomic E-state index is -0.918. The summed E-state index contributed by atoms with van der Waals surface area (Å²) in [4.78, 5) is 0. The molecule has 0 amide bonds. The first kappa shape index (κ1) is 13.4. The molecule has 0 aliphatic rings. The predicted octanol–water partition coefficient (Wildman–Crippen LogP) is 2.85. The van der Waals surface area contributed by atoms with E-state index in [9.17, 15) is 0 Å². The van der Waals surface area contributed by atoms with E-state index in [2.05, 4.69) is 48.5 Å². The van der Waals surface area contributed by atoms with Crippen LogP contribution in [0.25, 0.3) is 0 Å². The first-order chi connectivity index (χ1) is 5.74. The average Bonchev–Trinajstić information content (AvgIpc) is 1.82. The minimum absolute atomic E-state index is 0.322. The van der Waals surface area contributed by atoms with Crippen LogP contribution in [0.2, 0.25) is 16.1 Å². The van der Waals surface area contributed by atoms with Crippen molar-refractivity contribution in [3.05, 3.63) is 0 Å². The molecule has 0 aliphatic carbocycles. The SMILES string of the molecule is CC(C)[SiH](O[SiH2]C(C)(C)C)C(C)C. The van der Waals surface area contributed by atoms with Gasteiger partial charge in [-0.3, -0.25) is 0 Å². The molecule has 0 aromatic rings. The zero-order valence-corrected chi connectivity index (χ0v) is 12.9. The van der Waals surface area contributed by atoms with Gasteiger partial charge in [0, 0.05) is 0 Å². The average molecular weight is 218 g/mol. The van der Waals surface area contributed by atoms with E-state index in [0.29, 0.717) is 5.04 Å². The van der Waals surface area contributed by atoms with Gasteiger partial charge in [-0.25, -0.2) is 0 Å². The molecule has 0 unspecified atom stereocenters. The maximum atomic E-state index is 6.21. The van der Waals surface area contributed by atoms with Gasteiger partial charge in [0.15, 0.2) is 18.8 Å². The Morgan fingerprint density at radius 3 is 1.62 bits per heavy atom. The van der Waals surface area contributed by atoms with Crippen molar-refractivity contribution in [1.29, 1.82) is 0 Å². The molecule has 0 aliphatic heterocycles. The van der Waals surface area contributed by atoms with Crippen molar-refractivity contribution in [3.8, 4) is 0 Å². The molecular formula is C10H26OSi2. The topological polar surface area (TPSA) is 9.23 Å². The Morgan fingerprint density at radius 1 is 1.00 bits per heavy atom. The zero-order valence-electron chi connectivity index (χ0n) is 10.3. The summed E-state index contributed by atoms with van der Waals surface area (Å²) in [5.74, 6) is 0. The fourth-order valence-electron chi connectivity index (χ4n) is 1.50. The predicted molar refractivity (Wildman–Crippen MR) is 66.7 cm³/mol. The lowest BCUT2D eigenvalue weighted by atomic mass is 10.3. The highest BCUT2D eigenvalue weighted by Gasteiger charge is 2.23. The fourth-order valence-corrected chi connectivity index (χ4v) is 8.89. The van der Waals surface area contributed by atoms with Crippen LogP contribution in [0.3, 0.4) is 0 Å². The summed E-state index contributed by atoms with van der Waals surface area (Å²) in [6.45, 7) is 16.1. The van der Waals surface area contributed by atoms with Gasteiger partial charge >= 0.3 is 0 Å². The van der Waals surface area contributed by atoms with Crippen LogP contribution in [-0.2, 0) is 4.12 Å². The second-order valence-electron chi connectivity index (χ2n) is 5.82. The monoisotopic (exact) mass is 218 g/mol. The van der Waals surface area contributed by atoms with Crippen LogP contribution in [0.15, 0.2) is 0 Å². The van der Waals surface area contributed by atoms with E-state index >= 15 is 0 Å². The van der Waals surface area contributed by atoms with E-state index in [4.69, 9.17) is 4.12 Å². The molecular weight excluding hydrogens is 192 g/mol. The minimum Gasteiger partial charge on any atom is -0.462 e. The standard InChI is InChI=1S/C10H26OSi2/c1-8(2)13(9(3)4)11-12-10(5,6)7/h8-9,13H,12H2,1-7H3. The quantitative estimate of drug-likeness (QED) is 0.660. The molecule has 1 nitrogen and oxygen atoms in total. The highest BCUT2D eigenvalue weighted by Crippen LogP contribution is 2.25. The number of hydrogen-bond donors (Lipinski definition) is 0. The third kappa shape index (κ3) is 6.46. The Labute approximate surface area is 87.9 Å². The van der Waals surface area contributed by atoms with E-state index < -0.39 is 9.04 Å². The highest BCUT2D eigenvalue weighted by atomic mass is 28.3. The van der Waals surface area contributed by atoms with Crippen LogP contribution in [0, 0.1) is 0 Å². The Balaban J connectivity index is 3.98. The first-order valence-corrected chi connectivity index (χ1v) is 8.44. The Bertz CT molecular complexity index is 130. The largest absolute Gasteiger partial charge is 0.462 e. The summed E-state index contributed by atoms with van der Waals surface area (Å²) in [6.07, 6.45) is 0. The smallest absolute Gasteiger partial charge is 0.167 e. The molecule has 13 heavy (non-hydrogen) atoms. The molecule has 3 heteroatoms. The summed E-state index contributed by atoms with van der Waals surface area (Å²) in [7, 11) is -1.24. The molecule has 0 bridgehead atoms. The zero-order chi connectivity index (χ0) is 10.6. The molecule has 0 saturated carbocycles. The summed E-state index contributed by atoms with van der Waals surface area (Å²) < 4.78 is 6.21. The molecule has 0 atom stereocenters. The molecule has 0 rings (SSSR count). The van der Waals surface area contributed by atoms with E-state index in [-0.39, 0.29) is 9.76 Å². The molecule has 0 spiro atoms. The molecule has 0 heterocycles. The highest BCUT2D eigenvalue weighted by molar-refractivity contribution is 6.61. The molecule has 0 saturated heterocycles. The van der Waals surface area contributed by atoms with Gasteiger partial charge in [-0.1, -0.05) is 48.5 Å². The van der Waals surface area contributed by atoms with Gasteiger partial charge in [-0.2, -0.15) is 0 Å². The first-order valence-electron chi connectivity index (χ1n) is 5.35. The second-order valence-corrected chi connectivity index (χ2v) is 13.2. The molecule has 0 N–H and O–H groups in total. The van der Waals surface area contributed by atoms with Crippen molar-refractivity contribution in [1.82, 2.24) is 0 Å². The summed E-state index contributed by atoms with van der Waals surface area (Å²) >= 11 is 0. The van der Waals surface area contributed by atoms with Crippen molar-refractivity contribution in [2.24, 2.45) is 0 Å². The van der Waals surface area contributed by atoms with Crippen molar-refractivity contribution in [3.63, 3.8) is 0 Å². The molecule has 0 radical (unpaired) electrons. The van der Waals surface area contributed by atoms with Gasteiger partial charge in [-0.15, -0.1) is 0 Å². The van der Waals surface area contributed by atoms with Crippen molar-refractivity contribution < 1.29 is 4.12 Å². The Morgan fingerprint density at radius 2 is 1.38 bits per heavy atom. The van der Waals surface area contributed by atoms with Crippen LogP contribution in [0.1, 0.15) is 48.5 Å². The van der Waals surface area contributed by atoms with E-state index in [1.54, 1.807) is 0 Å². The Kier molecular flexibility index (Phi) is 5.48.